The van der Waals surface area contributed by atoms with Crippen molar-refractivity contribution in [2.45, 2.75) is 6.92 Å². The number of methoxy groups -OCH3 is 1. The summed E-state index contributed by atoms with van der Waals surface area (Å²) < 4.78 is 24.9. The minimum Gasteiger partial charge on any atom is -0.508 e. The van der Waals surface area contributed by atoms with Crippen LogP contribution in [0, 0.1) is 12.7 Å². The predicted molar refractivity (Wildman–Crippen MR) is 126 cm³/mol. The van der Waals surface area contributed by atoms with Crippen LogP contribution in [-0.4, -0.2) is 24.0 Å². The Labute approximate surface area is 193 Å². The third-order valence-electron chi connectivity index (χ3n) is 4.98. The van der Waals surface area contributed by atoms with E-state index in [0.717, 1.165) is 5.56 Å². The molecule has 0 aliphatic carbocycles. The maximum atomic E-state index is 13.6. The van der Waals surface area contributed by atoms with Gasteiger partial charge in [-0.2, -0.15) is 0 Å². The van der Waals surface area contributed by atoms with Crippen LogP contribution in [0.1, 0.15) is 26.4 Å². The summed E-state index contributed by atoms with van der Waals surface area (Å²) in [7, 11) is 1.31. The quantitative estimate of drug-likeness (QED) is 0.208. The first-order valence-electron chi connectivity index (χ1n) is 9.96. The Balaban J connectivity index is 1.73. The maximum Gasteiger partial charge on any atom is 0.330 e. The van der Waals surface area contributed by atoms with E-state index in [9.17, 15) is 19.1 Å². The number of carbonyl (C=O) groups excluding carboxylic acids is 2. The van der Waals surface area contributed by atoms with Gasteiger partial charge in [-0.3, -0.25) is 4.79 Å². The molecule has 0 bridgehead atoms. The Morgan fingerprint density at radius 3 is 2.48 bits per heavy atom. The molecule has 166 valence electrons. The lowest BCUT2D eigenvalue weighted by Gasteiger charge is -2.09. The summed E-state index contributed by atoms with van der Waals surface area (Å²) >= 11 is 1.20. The number of ketones is 1. The van der Waals surface area contributed by atoms with Crippen LogP contribution in [-0.2, 0) is 9.53 Å². The number of hydrogen-bond acceptors (Lipinski definition) is 6. The van der Waals surface area contributed by atoms with E-state index in [2.05, 4.69) is 4.74 Å². The van der Waals surface area contributed by atoms with Crippen LogP contribution in [0.25, 0.3) is 16.2 Å². The average Bonchev–Trinajstić information content (AvgIpc) is 3.15. The van der Waals surface area contributed by atoms with Gasteiger partial charge in [0.1, 0.15) is 22.2 Å². The first-order valence-corrected chi connectivity index (χ1v) is 10.8. The van der Waals surface area contributed by atoms with E-state index in [1.54, 1.807) is 49.4 Å². The average molecular weight is 462 g/mol. The van der Waals surface area contributed by atoms with Gasteiger partial charge in [0, 0.05) is 21.7 Å². The summed E-state index contributed by atoms with van der Waals surface area (Å²) in [6.45, 7) is 1.68. The monoisotopic (exact) mass is 462 g/mol. The number of rotatable bonds is 6. The highest BCUT2D eigenvalue weighted by Crippen LogP contribution is 2.43. The zero-order valence-electron chi connectivity index (χ0n) is 17.8. The summed E-state index contributed by atoms with van der Waals surface area (Å²) in [5.74, 6) is -0.232. The second kappa shape index (κ2) is 9.26. The van der Waals surface area contributed by atoms with E-state index in [-0.39, 0.29) is 11.5 Å². The Kier molecular flexibility index (Phi) is 6.24. The third-order valence-corrected chi connectivity index (χ3v) is 6.11. The number of phenolic OH excluding ortho intramolecular Hbond substituents is 1. The lowest BCUT2D eigenvalue weighted by Crippen LogP contribution is -2.03. The molecular weight excluding hydrogens is 443 g/mol. The fraction of sp³-hybridized carbons (Fsp3) is 0.0769. The molecule has 1 N–H and O–H groups in total. The lowest BCUT2D eigenvalue weighted by molar-refractivity contribution is -0.134. The molecule has 4 aromatic rings. The zero-order chi connectivity index (χ0) is 23.5. The molecule has 5 nitrogen and oxygen atoms in total. The minimum absolute atomic E-state index is 0.0778. The highest BCUT2D eigenvalue weighted by molar-refractivity contribution is 7.21. The van der Waals surface area contributed by atoms with E-state index in [4.69, 9.17) is 4.74 Å². The van der Waals surface area contributed by atoms with E-state index in [1.165, 1.54) is 48.8 Å². The van der Waals surface area contributed by atoms with Crippen LogP contribution in [0.4, 0.5) is 4.39 Å². The molecule has 4 rings (SSSR count). The van der Waals surface area contributed by atoms with Gasteiger partial charge in [0.05, 0.1) is 7.11 Å². The number of thiophene rings is 1. The molecule has 0 atom stereocenters. The molecule has 0 aliphatic rings. The smallest absolute Gasteiger partial charge is 0.330 e. The fourth-order valence-corrected chi connectivity index (χ4v) is 4.43. The summed E-state index contributed by atoms with van der Waals surface area (Å²) in [6, 6.07) is 15.8. The van der Waals surface area contributed by atoms with Gasteiger partial charge in [-0.05, 0) is 72.7 Å². The first-order chi connectivity index (χ1) is 15.9. The number of aryl methyl sites for hydroxylation is 1. The normalized spacial score (nSPS) is 11.1. The molecule has 0 saturated carbocycles. The molecule has 0 fully saturated rings. The number of ether oxygens (including phenoxy) is 2. The third kappa shape index (κ3) is 4.78. The molecule has 33 heavy (non-hydrogen) atoms. The number of halogens is 1. The Bertz CT molecular complexity index is 1390. The summed E-state index contributed by atoms with van der Waals surface area (Å²) in [6.07, 6.45) is 2.93. The van der Waals surface area contributed by atoms with Crippen molar-refractivity contribution in [1.29, 1.82) is 0 Å². The number of carbonyl (C=O) groups is 2. The van der Waals surface area contributed by atoms with Gasteiger partial charge in [0.15, 0.2) is 5.75 Å². The van der Waals surface area contributed by atoms with Crippen molar-refractivity contribution in [3.63, 3.8) is 0 Å². The van der Waals surface area contributed by atoms with Crippen molar-refractivity contribution in [1.82, 2.24) is 0 Å². The van der Waals surface area contributed by atoms with E-state index < -0.39 is 11.8 Å². The van der Waals surface area contributed by atoms with Gasteiger partial charge in [-0.15, -0.1) is 11.3 Å². The van der Waals surface area contributed by atoms with Gasteiger partial charge >= 0.3 is 5.97 Å². The standard InChI is InChI=1S/C26H19FO5S/c1-15-13-17(27)6-10-20(15)24(30)26-25(21-11-7-18(28)14-22(21)33-26)32-19-8-3-16(4-9-19)5-12-23(29)31-2/h3-14,28H,1-2H3. The van der Waals surface area contributed by atoms with E-state index >= 15 is 0 Å². The van der Waals surface area contributed by atoms with Gasteiger partial charge in [0.2, 0.25) is 5.78 Å². The topological polar surface area (TPSA) is 72.8 Å². The number of phenols is 1. The number of esters is 1. The summed E-state index contributed by atoms with van der Waals surface area (Å²) in [4.78, 5) is 25.0. The lowest BCUT2D eigenvalue weighted by atomic mass is 10.0. The molecule has 1 heterocycles. The van der Waals surface area contributed by atoms with Gasteiger partial charge < -0.3 is 14.6 Å². The molecule has 0 radical (unpaired) electrons. The second-order valence-electron chi connectivity index (χ2n) is 7.26. The van der Waals surface area contributed by atoms with Crippen molar-refractivity contribution in [2.24, 2.45) is 0 Å². The molecule has 1 aromatic heterocycles. The molecule has 0 saturated heterocycles. The SMILES string of the molecule is COC(=O)C=Cc1ccc(Oc2c(C(=O)c3ccc(F)cc3C)sc3cc(O)ccc23)cc1. The van der Waals surface area contributed by atoms with Crippen LogP contribution in [0.2, 0.25) is 0 Å². The number of benzene rings is 3. The van der Waals surface area contributed by atoms with Crippen molar-refractivity contribution >= 4 is 39.3 Å². The van der Waals surface area contributed by atoms with Crippen LogP contribution in [0.5, 0.6) is 17.2 Å². The van der Waals surface area contributed by atoms with Crippen LogP contribution in [0.15, 0.2) is 66.7 Å². The van der Waals surface area contributed by atoms with E-state index in [1.807, 2.05) is 0 Å². The molecule has 7 heteroatoms. The van der Waals surface area contributed by atoms with Crippen molar-refractivity contribution in [2.75, 3.05) is 7.11 Å². The van der Waals surface area contributed by atoms with Gasteiger partial charge in [0.25, 0.3) is 0 Å². The molecule has 0 unspecified atom stereocenters. The highest BCUT2D eigenvalue weighted by atomic mass is 32.1. The van der Waals surface area contributed by atoms with Gasteiger partial charge in [-0.1, -0.05) is 12.1 Å². The Hall–Kier alpha value is -3.97. The maximum absolute atomic E-state index is 13.6. The Morgan fingerprint density at radius 1 is 1.03 bits per heavy atom. The van der Waals surface area contributed by atoms with Crippen LogP contribution in [0.3, 0.4) is 0 Å². The zero-order valence-corrected chi connectivity index (χ0v) is 18.6. The largest absolute Gasteiger partial charge is 0.508 e. The number of hydrogen-bond donors (Lipinski definition) is 1. The molecule has 0 spiro atoms. The molecule has 0 amide bonds. The molecular formula is C26H19FO5S. The van der Waals surface area contributed by atoms with Gasteiger partial charge in [-0.25, -0.2) is 9.18 Å². The van der Waals surface area contributed by atoms with E-state index in [0.29, 0.717) is 37.6 Å². The number of aromatic hydroxyl groups is 1. The van der Waals surface area contributed by atoms with Crippen molar-refractivity contribution in [3.8, 4) is 17.2 Å². The predicted octanol–water partition coefficient (Wildman–Crippen LogP) is 6.26. The second-order valence-corrected chi connectivity index (χ2v) is 8.31. The molecule has 0 aliphatic heterocycles. The first kappa shape index (κ1) is 22.2. The van der Waals surface area contributed by atoms with Crippen molar-refractivity contribution < 1.29 is 28.6 Å². The summed E-state index contributed by atoms with van der Waals surface area (Å²) in [5.41, 5.74) is 1.67. The summed E-state index contributed by atoms with van der Waals surface area (Å²) in [5, 5.41) is 10.6. The van der Waals surface area contributed by atoms with Crippen molar-refractivity contribution in [3.05, 3.63) is 94.1 Å². The van der Waals surface area contributed by atoms with Crippen LogP contribution < -0.4 is 4.74 Å². The Morgan fingerprint density at radius 2 is 1.79 bits per heavy atom. The molecule has 3 aromatic carbocycles. The van der Waals surface area contributed by atoms with Crippen LogP contribution >= 0.6 is 11.3 Å². The number of fused-ring (bicyclic) bond motifs is 1. The highest BCUT2D eigenvalue weighted by Gasteiger charge is 2.23. The fourth-order valence-electron chi connectivity index (χ4n) is 3.31. The minimum atomic E-state index is -0.456.